The number of hydrogen-bond acceptors (Lipinski definition) is 24. The zero-order chi connectivity index (χ0) is 70.5. The van der Waals surface area contributed by atoms with Gasteiger partial charge in [-0.15, -0.1) is 6.58 Å². The molecule has 2 heterocycles. The zero-order valence-electron chi connectivity index (χ0n) is 55.1. The van der Waals surface area contributed by atoms with Crippen molar-refractivity contribution in [1.82, 2.24) is 0 Å². The molecule has 24 nitrogen and oxygen atoms in total. The van der Waals surface area contributed by atoms with Crippen molar-refractivity contribution in [3.63, 3.8) is 0 Å². The lowest BCUT2D eigenvalue weighted by molar-refractivity contribution is -0.234. The Balaban J connectivity index is 1.76. The van der Waals surface area contributed by atoms with Gasteiger partial charge in [-0.3, -0.25) is 0 Å². The van der Waals surface area contributed by atoms with E-state index in [1.54, 1.807) is 38.2 Å². The van der Waals surface area contributed by atoms with Gasteiger partial charge in [-0.1, -0.05) is 104 Å². The van der Waals surface area contributed by atoms with E-state index in [2.05, 4.69) is 13.2 Å². The molecule has 544 valence electrons. The zero-order valence-corrected chi connectivity index (χ0v) is 55.1. The standard InChI is InChI=1S/C70H120O24/c1-5-6-7-8-9-10-11-12-13-14-15-16-31-54(80)64(88)69-67(91)59(85)41-61(94-69)68(92)63(87)44(3)34-36-53(79)60-40-58(84)66(90)70(93-60)65(89)56(82)37-43(2)33-35-50(76)39-57(83)62(86)45(4)38-55(81)52(78)32-21-29-49(75)27-19-25-47(73)23-17-22-46(72)24-18-26-48(74)28-20-30-51(77)42-71/h5,8-13,16,18,20,24,28,31,37,45-92H,1,3,6-7,14-15,17,19,21-23,25-27,29-30,32-36,38-42H2,2,4H3. The molecule has 24 heteroatoms. The molecule has 0 aromatic carbocycles. The summed E-state index contributed by atoms with van der Waals surface area (Å²) in [7, 11) is 0. The lowest BCUT2D eigenvalue weighted by Gasteiger charge is -2.42. The molecule has 2 fully saturated rings. The van der Waals surface area contributed by atoms with Crippen LogP contribution >= 0.6 is 0 Å². The van der Waals surface area contributed by atoms with Crippen LogP contribution in [-0.4, -0.2) is 272 Å². The predicted molar refractivity (Wildman–Crippen MR) is 354 cm³/mol. The molecule has 0 amide bonds. The van der Waals surface area contributed by atoms with Gasteiger partial charge in [0, 0.05) is 19.3 Å². The lowest BCUT2D eigenvalue weighted by Crippen LogP contribution is -2.59. The third kappa shape index (κ3) is 34.5. The fourth-order valence-electron chi connectivity index (χ4n) is 11.3. The summed E-state index contributed by atoms with van der Waals surface area (Å²) in [5.41, 5.74) is 0.468. The smallest absolute Gasteiger partial charge is 0.115 e. The van der Waals surface area contributed by atoms with Crippen LogP contribution in [0.1, 0.15) is 162 Å². The van der Waals surface area contributed by atoms with E-state index >= 15 is 0 Å². The minimum Gasteiger partial charge on any atom is -0.394 e. The molecule has 26 unspecified atom stereocenters. The number of ether oxygens (including phenoxy) is 2. The van der Waals surface area contributed by atoms with Crippen molar-refractivity contribution in [3.05, 3.63) is 109 Å². The summed E-state index contributed by atoms with van der Waals surface area (Å²) in [6.07, 6.45) is -3.96. The average Bonchev–Trinajstić information content (AvgIpc) is 0.824. The second-order valence-electron chi connectivity index (χ2n) is 25.9. The molecule has 0 saturated carbocycles. The highest BCUT2D eigenvalue weighted by Crippen LogP contribution is 2.32. The summed E-state index contributed by atoms with van der Waals surface area (Å²) in [5.74, 6) is -0.709. The fourth-order valence-corrected chi connectivity index (χ4v) is 11.3. The van der Waals surface area contributed by atoms with Gasteiger partial charge in [0.2, 0.25) is 0 Å². The fraction of sp³-hybridized carbons (Fsp3) is 0.743. The second-order valence-corrected chi connectivity index (χ2v) is 25.9. The van der Waals surface area contributed by atoms with Gasteiger partial charge in [-0.25, -0.2) is 0 Å². The number of aliphatic hydroxyl groups excluding tert-OH is 22. The van der Waals surface area contributed by atoms with Crippen LogP contribution in [0.3, 0.4) is 0 Å². The normalized spacial score (nSPS) is 27.0. The molecule has 94 heavy (non-hydrogen) atoms. The molecule has 2 aliphatic heterocycles. The molecule has 0 aromatic heterocycles. The Kier molecular flexibility index (Phi) is 44.7. The lowest BCUT2D eigenvalue weighted by atomic mass is 9.87. The van der Waals surface area contributed by atoms with Gasteiger partial charge in [0.15, 0.2) is 0 Å². The highest BCUT2D eigenvalue weighted by Gasteiger charge is 2.47. The molecule has 0 spiro atoms. The van der Waals surface area contributed by atoms with E-state index in [-0.39, 0.29) is 82.8 Å². The van der Waals surface area contributed by atoms with Gasteiger partial charge in [-0.2, -0.15) is 0 Å². The number of hydrogen-bond donors (Lipinski definition) is 22. The minimum atomic E-state index is -1.84. The first-order valence-electron chi connectivity index (χ1n) is 33.7. The van der Waals surface area contributed by atoms with Gasteiger partial charge in [-0.05, 0) is 147 Å². The van der Waals surface area contributed by atoms with Crippen LogP contribution in [0.2, 0.25) is 0 Å². The Morgan fingerprint density at radius 3 is 1.61 bits per heavy atom. The van der Waals surface area contributed by atoms with Crippen molar-refractivity contribution in [2.24, 2.45) is 5.92 Å². The largest absolute Gasteiger partial charge is 0.394 e. The minimum absolute atomic E-state index is 0.00169. The van der Waals surface area contributed by atoms with Crippen LogP contribution in [0.5, 0.6) is 0 Å². The monoisotopic (exact) mass is 1340 g/mol. The molecule has 0 aromatic rings. The molecule has 22 N–H and O–H groups in total. The van der Waals surface area contributed by atoms with E-state index in [1.165, 1.54) is 18.2 Å². The first-order valence-corrected chi connectivity index (χ1v) is 33.7. The highest BCUT2D eigenvalue weighted by atomic mass is 16.6. The van der Waals surface area contributed by atoms with Crippen molar-refractivity contribution in [1.29, 1.82) is 0 Å². The summed E-state index contributed by atoms with van der Waals surface area (Å²) in [6, 6.07) is 0. The molecular weight excluding hydrogens is 1220 g/mol. The number of unbranched alkanes of at least 4 members (excludes halogenated alkanes) is 2. The van der Waals surface area contributed by atoms with Crippen molar-refractivity contribution < 1.29 is 122 Å². The highest BCUT2D eigenvalue weighted by molar-refractivity contribution is 5.13. The van der Waals surface area contributed by atoms with Gasteiger partial charge in [0.05, 0.1) is 98.2 Å². The van der Waals surface area contributed by atoms with Gasteiger partial charge >= 0.3 is 0 Å². The number of rotatable bonds is 50. The van der Waals surface area contributed by atoms with Crippen LogP contribution in [0.4, 0.5) is 0 Å². The SMILES string of the molecule is C=CCCC=CC=CC=CCCC=CC(O)C(O)C1OC(C(O)C(O)C(=C)CCC(O)C2CC(O)C(O)C(C(O)C(O)C=C(C)CCC(O)CC(O)C(O)C(C)CC(O)C(O)CCCC(O)CCCC(O)CCCC(O)C=CCC(O)C=CCC(O)CO)O2)CC(O)C1O. The molecule has 2 rings (SSSR count). The van der Waals surface area contributed by atoms with E-state index in [4.69, 9.17) is 14.6 Å². The summed E-state index contributed by atoms with van der Waals surface area (Å²) < 4.78 is 11.6. The van der Waals surface area contributed by atoms with E-state index in [0.29, 0.717) is 69.8 Å². The molecule has 26 atom stereocenters. The Labute approximate surface area is 555 Å². The van der Waals surface area contributed by atoms with E-state index in [1.807, 2.05) is 42.5 Å². The molecule has 2 saturated heterocycles. The summed E-state index contributed by atoms with van der Waals surface area (Å²) in [4.78, 5) is 0. The molecule has 2 aliphatic rings. The van der Waals surface area contributed by atoms with Crippen LogP contribution in [0.25, 0.3) is 0 Å². The van der Waals surface area contributed by atoms with E-state index in [0.717, 1.165) is 12.8 Å². The summed E-state index contributed by atoms with van der Waals surface area (Å²) in [6.45, 7) is 10.3. The molecule has 0 radical (unpaired) electrons. The van der Waals surface area contributed by atoms with Crippen LogP contribution in [0.15, 0.2) is 109 Å². The Bertz CT molecular complexity index is 2230. The summed E-state index contributed by atoms with van der Waals surface area (Å²) in [5, 5.41) is 233. The predicted octanol–water partition coefficient (Wildman–Crippen LogP) is 0.727. The maximum atomic E-state index is 11.2. The van der Waals surface area contributed by atoms with Crippen LogP contribution in [0, 0.1) is 5.92 Å². The van der Waals surface area contributed by atoms with Crippen LogP contribution < -0.4 is 0 Å². The molecule has 0 bridgehead atoms. The van der Waals surface area contributed by atoms with Crippen molar-refractivity contribution in [2.45, 2.75) is 314 Å². The second kappa shape index (κ2) is 48.4. The van der Waals surface area contributed by atoms with E-state index in [9.17, 15) is 107 Å². The Morgan fingerprint density at radius 1 is 0.489 bits per heavy atom. The first kappa shape index (κ1) is 86.8. The van der Waals surface area contributed by atoms with Crippen molar-refractivity contribution in [2.75, 3.05) is 6.61 Å². The first-order chi connectivity index (χ1) is 44.5. The Morgan fingerprint density at radius 2 is 1.01 bits per heavy atom. The maximum Gasteiger partial charge on any atom is 0.115 e. The third-order valence-electron chi connectivity index (χ3n) is 17.5. The van der Waals surface area contributed by atoms with Crippen molar-refractivity contribution in [3.8, 4) is 0 Å². The topological polar surface area (TPSA) is 464 Å². The molecule has 0 aliphatic carbocycles. The van der Waals surface area contributed by atoms with E-state index < -0.39 is 159 Å². The summed E-state index contributed by atoms with van der Waals surface area (Å²) >= 11 is 0. The third-order valence-corrected chi connectivity index (χ3v) is 17.5. The average molecular weight is 1350 g/mol. The quantitative estimate of drug-likeness (QED) is 0.0227. The van der Waals surface area contributed by atoms with Crippen LogP contribution in [-0.2, 0) is 9.47 Å². The van der Waals surface area contributed by atoms with Gasteiger partial charge in [0.25, 0.3) is 0 Å². The number of aliphatic hydroxyl groups is 22. The van der Waals surface area contributed by atoms with Gasteiger partial charge in [0.1, 0.15) is 61.0 Å². The Hall–Kier alpha value is -3.30. The van der Waals surface area contributed by atoms with Gasteiger partial charge < -0.3 is 122 Å². The maximum absolute atomic E-state index is 11.2. The molecular formula is C70H120O24. The number of allylic oxidation sites excluding steroid dienone is 9. The van der Waals surface area contributed by atoms with Crippen molar-refractivity contribution >= 4 is 0 Å².